The van der Waals surface area contributed by atoms with Gasteiger partial charge in [0.15, 0.2) is 0 Å². The van der Waals surface area contributed by atoms with Crippen LogP contribution in [0.5, 0.6) is 0 Å². The SMILES string of the molecule is CN(C(=O)Cc1cccc(N=C=S)c1)[C@H](CN1CCCC1)c1ccccc1. The predicted octanol–water partition coefficient (Wildman–Crippen LogP) is 4.26. The van der Waals surface area contributed by atoms with Crippen molar-refractivity contribution in [3.8, 4) is 0 Å². The van der Waals surface area contributed by atoms with Crippen molar-refractivity contribution < 1.29 is 4.79 Å². The molecule has 1 amide bonds. The van der Waals surface area contributed by atoms with Gasteiger partial charge in [-0.2, -0.15) is 4.99 Å². The van der Waals surface area contributed by atoms with E-state index in [1.165, 1.54) is 18.4 Å². The summed E-state index contributed by atoms with van der Waals surface area (Å²) in [6.07, 6.45) is 2.83. The van der Waals surface area contributed by atoms with Crippen molar-refractivity contribution >= 4 is 29.0 Å². The molecule has 0 bridgehead atoms. The Bertz CT molecular complexity index is 811. The molecule has 0 spiro atoms. The maximum Gasteiger partial charge on any atom is 0.227 e. The summed E-state index contributed by atoms with van der Waals surface area (Å²) in [5, 5.41) is 2.37. The van der Waals surface area contributed by atoms with Crippen LogP contribution in [0.25, 0.3) is 0 Å². The standard InChI is InChI=1S/C22H25N3OS/c1-24(22(26)15-18-8-7-11-20(14-18)23-17-27)21(16-25-12-5-6-13-25)19-9-3-2-4-10-19/h2-4,7-11,14,21H,5-6,12-13,15-16H2,1H3/t21-/m1/s1. The number of carbonyl (C=O) groups excluding carboxylic acids is 1. The third-order valence-corrected chi connectivity index (χ3v) is 5.21. The molecule has 0 radical (unpaired) electrons. The molecule has 1 heterocycles. The highest BCUT2D eigenvalue weighted by molar-refractivity contribution is 7.78. The van der Waals surface area contributed by atoms with E-state index in [-0.39, 0.29) is 11.9 Å². The number of carbonyl (C=O) groups is 1. The molecule has 0 unspecified atom stereocenters. The molecule has 0 aromatic heterocycles. The van der Waals surface area contributed by atoms with E-state index >= 15 is 0 Å². The van der Waals surface area contributed by atoms with Crippen LogP contribution in [0.3, 0.4) is 0 Å². The number of rotatable bonds is 7. The maximum absolute atomic E-state index is 13.0. The van der Waals surface area contributed by atoms with Gasteiger partial charge in [0.25, 0.3) is 0 Å². The van der Waals surface area contributed by atoms with Crippen LogP contribution in [-0.2, 0) is 11.2 Å². The first-order valence-corrected chi connectivity index (χ1v) is 9.78. The average Bonchev–Trinajstić information content (AvgIpc) is 3.20. The monoisotopic (exact) mass is 379 g/mol. The number of amides is 1. The minimum atomic E-state index is 0.0546. The number of benzene rings is 2. The number of likely N-dealkylation sites (tertiary alicyclic amines) is 1. The molecule has 1 atom stereocenters. The Kier molecular flexibility index (Phi) is 6.88. The summed E-state index contributed by atoms with van der Waals surface area (Å²) in [5.41, 5.74) is 2.85. The Labute approximate surface area is 166 Å². The highest BCUT2D eigenvalue weighted by Gasteiger charge is 2.25. The fourth-order valence-electron chi connectivity index (χ4n) is 3.60. The normalized spacial score (nSPS) is 15.1. The fraction of sp³-hybridized carbons (Fsp3) is 0.364. The molecule has 27 heavy (non-hydrogen) atoms. The quantitative estimate of drug-likeness (QED) is 0.533. The topological polar surface area (TPSA) is 35.9 Å². The van der Waals surface area contributed by atoms with Crippen LogP contribution in [0.15, 0.2) is 59.6 Å². The van der Waals surface area contributed by atoms with Gasteiger partial charge in [0.2, 0.25) is 5.91 Å². The second-order valence-electron chi connectivity index (χ2n) is 6.99. The molecule has 0 saturated carbocycles. The number of hydrogen-bond donors (Lipinski definition) is 0. The largest absolute Gasteiger partial charge is 0.337 e. The lowest BCUT2D eigenvalue weighted by molar-refractivity contribution is -0.131. The van der Waals surface area contributed by atoms with Crippen LogP contribution in [0.1, 0.15) is 30.0 Å². The molecule has 4 nitrogen and oxygen atoms in total. The Balaban J connectivity index is 1.76. The van der Waals surface area contributed by atoms with Gasteiger partial charge in [-0.05, 0) is 61.4 Å². The molecule has 0 N–H and O–H groups in total. The zero-order valence-electron chi connectivity index (χ0n) is 15.7. The molecule has 0 aliphatic carbocycles. The Morgan fingerprint density at radius 2 is 1.93 bits per heavy atom. The third-order valence-electron chi connectivity index (χ3n) is 5.12. The number of aliphatic imine (C=N–C) groups is 1. The second kappa shape index (κ2) is 9.56. The van der Waals surface area contributed by atoms with E-state index in [1.807, 2.05) is 54.4 Å². The van der Waals surface area contributed by atoms with Gasteiger partial charge in [0, 0.05) is 13.6 Å². The van der Waals surface area contributed by atoms with Crippen molar-refractivity contribution in [2.75, 3.05) is 26.7 Å². The molecule has 1 saturated heterocycles. The fourth-order valence-corrected chi connectivity index (χ4v) is 3.70. The Hall–Kier alpha value is -2.33. The smallest absolute Gasteiger partial charge is 0.227 e. The highest BCUT2D eigenvalue weighted by atomic mass is 32.1. The lowest BCUT2D eigenvalue weighted by Crippen LogP contribution is -2.39. The summed E-state index contributed by atoms with van der Waals surface area (Å²) in [6, 6.07) is 18.0. The van der Waals surface area contributed by atoms with Crippen molar-refractivity contribution in [2.24, 2.45) is 4.99 Å². The van der Waals surface area contributed by atoms with Crippen LogP contribution in [-0.4, -0.2) is 47.6 Å². The van der Waals surface area contributed by atoms with Crippen molar-refractivity contribution in [1.82, 2.24) is 9.80 Å². The summed E-state index contributed by atoms with van der Waals surface area (Å²) in [5.74, 6) is 0.103. The van der Waals surface area contributed by atoms with Gasteiger partial charge in [-0.25, -0.2) is 0 Å². The Morgan fingerprint density at radius 3 is 2.63 bits per heavy atom. The number of hydrogen-bond acceptors (Lipinski definition) is 4. The minimum Gasteiger partial charge on any atom is -0.337 e. The van der Waals surface area contributed by atoms with E-state index in [0.29, 0.717) is 6.42 Å². The van der Waals surface area contributed by atoms with Crippen LogP contribution in [0.4, 0.5) is 5.69 Å². The zero-order valence-corrected chi connectivity index (χ0v) is 16.5. The van der Waals surface area contributed by atoms with Gasteiger partial charge in [0.05, 0.1) is 23.3 Å². The van der Waals surface area contributed by atoms with E-state index in [1.54, 1.807) is 0 Å². The Morgan fingerprint density at radius 1 is 1.19 bits per heavy atom. The number of nitrogens with zero attached hydrogens (tertiary/aromatic N) is 3. The molecule has 1 aliphatic heterocycles. The molecular formula is C22H25N3OS. The van der Waals surface area contributed by atoms with E-state index in [9.17, 15) is 4.79 Å². The summed E-state index contributed by atoms with van der Waals surface area (Å²) >= 11 is 4.67. The molecule has 2 aromatic rings. The van der Waals surface area contributed by atoms with E-state index < -0.39 is 0 Å². The van der Waals surface area contributed by atoms with Gasteiger partial charge < -0.3 is 9.80 Å². The van der Waals surface area contributed by atoms with Gasteiger partial charge in [-0.1, -0.05) is 42.5 Å². The van der Waals surface area contributed by atoms with Crippen molar-refractivity contribution in [3.05, 3.63) is 65.7 Å². The van der Waals surface area contributed by atoms with Gasteiger partial charge in [-0.3, -0.25) is 4.79 Å². The molecule has 3 rings (SSSR count). The molecule has 5 heteroatoms. The molecule has 1 aliphatic rings. The molecule has 140 valence electrons. The molecule has 1 fully saturated rings. The van der Waals surface area contributed by atoms with Crippen molar-refractivity contribution in [2.45, 2.75) is 25.3 Å². The van der Waals surface area contributed by atoms with Crippen molar-refractivity contribution in [1.29, 1.82) is 0 Å². The van der Waals surface area contributed by atoms with Gasteiger partial charge in [0.1, 0.15) is 0 Å². The van der Waals surface area contributed by atoms with Gasteiger partial charge in [-0.15, -0.1) is 0 Å². The minimum absolute atomic E-state index is 0.0546. The first-order valence-electron chi connectivity index (χ1n) is 9.37. The highest BCUT2D eigenvalue weighted by Crippen LogP contribution is 2.24. The van der Waals surface area contributed by atoms with E-state index in [0.717, 1.165) is 30.9 Å². The maximum atomic E-state index is 13.0. The number of thiocarbonyl (C=S) groups is 1. The lowest BCUT2D eigenvalue weighted by Gasteiger charge is -2.32. The number of likely N-dealkylation sites (N-methyl/N-ethyl adjacent to an activating group) is 1. The first-order chi connectivity index (χ1) is 13.2. The van der Waals surface area contributed by atoms with Crippen LogP contribution in [0, 0.1) is 0 Å². The average molecular weight is 380 g/mol. The van der Waals surface area contributed by atoms with Crippen LogP contribution in [0.2, 0.25) is 0 Å². The van der Waals surface area contributed by atoms with Crippen LogP contribution < -0.4 is 0 Å². The number of isothiocyanates is 1. The van der Waals surface area contributed by atoms with E-state index in [2.05, 4.69) is 39.4 Å². The van der Waals surface area contributed by atoms with Crippen molar-refractivity contribution in [3.63, 3.8) is 0 Å². The van der Waals surface area contributed by atoms with Gasteiger partial charge >= 0.3 is 0 Å². The zero-order chi connectivity index (χ0) is 19.1. The van der Waals surface area contributed by atoms with Crippen LogP contribution >= 0.6 is 12.2 Å². The lowest BCUT2D eigenvalue weighted by atomic mass is 10.0. The summed E-state index contributed by atoms with van der Waals surface area (Å²) in [6.45, 7) is 3.10. The second-order valence-corrected chi connectivity index (χ2v) is 7.17. The summed E-state index contributed by atoms with van der Waals surface area (Å²) in [4.78, 5) is 21.4. The predicted molar refractivity (Wildman–Crippen MR) is 112 cm³/mol. The first kappa shape index (κ1) is 19.4. The van der Waals surface area contributed by atoms with E-state index in [4.69, 9.17) is 0 Å². The summed E-state index contributed by atoms with van der Waals surface area (Å²) in [7, 11) is 1.91. The molecular weight excluding hydrogens is 354 g/mol. The summed E-state index contributed by atoms with van der Waals surface area (Å²) < 4.78 is 0. The molecule has 2 aromatic carbocycles. The third kappa shape index (κ3) is 5.33.